The fourth-order valence-corrected chi connectivity index (χ4v) is 2.38. The van der Waals surface area contributed by atoms with Crippen molar-refractivity contribution in [1.82, 2.24) is 5.32 Å². The number of fused-ring (bicyclic) bond motifs is 1. The molecule has 6 heteroatoms. The number of rotatable bonds is 7. The van der Waals surface area contributed by atoms with Gasteiger partial charge in [0.15, 0.2) is 23.1 Å². The first-order valence-electron chi connectivity index (χ1n) is 7.87. The summed E-state index contributed by atoms with van der Waals surface area (Å²) in [5.41, 5.74) is 0. The lowest BCUT2D eigenvalue weighted by Crippen LogP contribution is -2.41. The second-order valence-corrected chi connectivity index (χ2v) is 5.55. The zero-order chi connectivity index (χ0) is 16.8. The van der Waals surface area contributed by atoms with Crippen LogP contribution in [0.1, 0.15) is 0 Å². The smallest absolute Gasteiger partial charge is 0.165 e. The average Bonchev–Trinajstić information content (AvgIpc) is 2.61. The van der Waals surface area contributed by atoms with Gasteiger partial charge in [0.2, 0.25) is 0 Å². The second kappa shape index (κ2) is 7.99. The van der Waals surface area contributed by atoms with Crippen molar-refractivity contribution in [2.24, 2.45) is 0 Å². The van der Waals surface area contributed by atoms with Crippen LogP contribution in [-0.2, 0) is 0 Å². The summed E-state index contributed by atoms with van der Waals surface area (Å²) >= 11 is 0. The van der Waals surface area contributed by atoms with E-state index in [0.717, 1.165) is 11.5 Å². The number of ether oxygens (including phenoxy) is 3. The molecular formula is C18H20FNO4. The van der Waals surface area contributed by atoms with Gasteiger partial charge >= 0.3 is 0 Å². The molecule has 0 spiro atoms. The summed E-state index contributed by atoms with van der Waals surface area (Å²) in [7, 11) is 0. The first kappa shape index (κ1) is 16.5. The van der Waals surface area contributed by atoms with Crippen molar-refractivity contribution >= 4 is 0 Å². The number of aliphatic hydroxyl groups excluding tert-OH is 1. The second-order valence-electron chi connectivity index (χ2n) is 5.55. The Balaban J connectivity index is 1.37. The van der Waals surface area contributed by atoms with Gasteiger partial charge in [-0.3, -0.25) is 0 Å². The molecule has 0 bridgehead atoms. The van der Waals surface area contributed by atoms with Crippen molar-refractivity contribution in [2.45, 2.75) is 12.2 Å². The Kier molecular flexibility index (Phi) is 5.51. The molecule has 0 aliphatic carbocycles. The number of aliphatic hydroxyl groups is 1. The molecule has 2 atom stereocenters. The van der Waals surface area contributed by atoms with Gasteiger partial charge in [-0.2, -0.15) is 0 Å². The largest absolute Gasteiger partial charge is 0.488 e. The summed E-state index contributed by atoms with van der Waals surface area (Å²) in [5, 5.41) is 13.0. The van der Waals surface area contributed by atoms with Crippen LogP contribution in [0.3, 0.4) is 0 Å². The molecule has 0 aromatic heterocycles. The number of benzene rings is 2. The first-order valence-corrected chi connectivity index (χ1v) is 7.87. The molecule has 0 fully saturated rings. The van der Waals surface area contributed by atoms with Gasteiger partial charge in [0.05, 0.1) is 0 Å². The monoisotopic (exact) mass is 333 g/mol. The summed E-state index contributed by atoms with van der Waals surface area (Å²) in [6.07, 6.45) is -0.874. The molecule has 0 unspecified atom stereocenters. The molecule has 128 valence electrons. The summed E-state index contributed by atoms with van der Waals surface area (Å²) in [5.74, 6) is 1.16. The summed E-state index contributed by atoms with van der Waals surface area (Å²) in [6.45, 7) is 1.31. The van der Waals surface area contributed by atoms with E-state index in [1.807, 2.05) is 24.3 Å². The minimum atomic E-state index is -0.749. The molecule has 5 nitrogen and oxygen atoms in total. The van der Waals surface area contributed by atoms with Gasteiger partial charge < -0.3 is 24.6 Å². The van der Waals surface area contributed by atoms with Crippen LogP contribution in [0.15, 0.2) is 48.5 Å². The van der Waals surface area contributed by atoms with Gasteiger partial charge in [0, 0.05) is 13.1 Å². The third-order valence-corrected chi connectivity index (χ3v) is 3.59. The van der Waals surface area contributed by atoms with Crippen molar-refractivity contribution in [1.29, 1.82) is 0 Å². The Bertz CT molecular complexity index is 667. The van der Waals surface area contributed by atoms with Gasteiger partial charge in [-0.25, -0.2) is 4.39 Å². The Morgan fingerprint density at radius 2 is 1.92 bits per heavy atom. The third-order valence-electron chi connectivity index (χ3n) is 3.59. The van der Waals surface area contributed by atoms with E-state index in [4.69, 9.17) is 14.2 Å². The number of halogens is 1. The topological polar surface area (TPSA) is 60.0 Å². The summed E-state index contributed by atoms with van der Waals surface area (Å²) in [4.78, 5) is 0. The van der Waals surface area contributed by atoms with Gasteiger partial charge in [0.1, 0.15) is 25.4 Å². The van der Waals surface area contributed by atoms with Crippen LogP contribution in [-0.4, -0.2) is 43.6 Å². The van der Waals surface area contributed by atoms with E-state index < -0.39 is 11.9 Å². The molecule has 2 aromatic carbocycles. The van der Waals surface area contributed by atoms with Crippen molar-refractivity contribution in [3.05, 3.63) is 54.3 Å². The van der Waals surface area contributed by atoms with Crippen LogP contribution in [0.4, 0.5) is 4.39 Å². The van der Waals surface area contributed by atoms with Crippen molar-refractivity contribution in [3.63, 3.8) is 0 Å². The summed E-state index contributed by atoms with van der Waals surface area (Å²) in [6, 6.07) is 13.6. The molecule has 0 radical (unpaired) electrons. The van der Waals surface area contributed by atoms with Crippen LogP contribution in [0.5, 0.6) is 17.2 Å². The Labute approximate surface area is 140 Å². The Morgan fingerprint density at radius 3 is 2.75 bits per heavy atom. The van der Waals surface area contributed by atoms with Crippen molar-refractivity contribution in [2.75, 3.05) is 26.3 Å². The number of hydrogen-bond donors (Lipinski definition) is 2. The average molecular weight is 333 g/mol. The number of nitrogens with one attached hydrogen (secondary N) is 1. The molecule has 24 heavy (non-hydrogen) atoms. The van der Waals surface area contributed by atoms with Crippen molar-refractivity contribution in [3.8, 4) is 17.2 Å². The van der Waals surface area contributed by atoms with Gasteiger partial charge in [-0.1, -0.05) is 24.3 Å². The van der Waals surface area contributed by atoms with E-state index in [9.17, 15) is 9.50 Å². The normalized spacial score (nSPS) is 17.3. The fourth-order valence-electron chi connectivity index (χ4n) is 2.38. The molecular weight excluding hydrogens is 313 g/mol. The molecule has 2 aromatic rings. The van der Waals surface area contributed by atoms with E-state index >= 15 is 0 Å². The molecule has 2 N–H and O–H groups in total. The quantitative estimate of drug-likeness (QED) is 0.812. The Hall–Kier alpha value is -2.31. The highest BCUT2D eigenvalue weighted by Crippen LogP contribution is 2.30. The Morgan fingerprint density at radius 1 is 1.17 bits per heavy atom. The van der Waals surface area contributed by atoms with E-state index in [1.165, 1.54) is 12.1 Å². The standard InChI is InChI=1S/C18H20FNO4/c19-15-5-1-2-6-16(15)22-11-13(21)9-20-10-14-12-23-17-7-3-4-8-18(17)24-14/h1-8,13-14,20-21H,9-12H2/t13-,14+/m1/s1. The minimum Gasteiger partial charge on any atom is -0.488 e. The molecule has 0 amide bonds. The predicted molar refractivity (Wildman–Crippen MR) is 87.1 cm³/mol. The predicted octanol–water partition coefficient (Wildman–Crippen LogP) is 1.99. The maximum absolute atomic E-state index is 13.4. The maximum Gasteiger partial charge on any atom is 0.165 e. The lowest BCUT2D eigenvalue weighted by molar-refractivity contribution is 0.0772. The highest BCUT2D eigenvalue weighted by Gasteiger charge is 2.20. The minimum absolute atomic E-state index is 0.0127. The van der Waals surface area contributed by atoms with Gasteiger partial charge in [-0.05, 0) is 24.3 Å². The van der Waals surface area contributed by atoms with Crippen LogP contribution < -0.4 is 19.5 Å². The number of hydrogen-bond acceptors (Lipinski definition) is 5. The van der Waals surface area contributed by atoms with Crippen LogP contribution in [0.25, 0.3) is 0 Å². The molecule has 1 aliphatic rings. The third kappa shape index (κ3) is 4.37. The fraction of sp³-hybridized carbons (Fsp3) is 0.333. The lowest BCUT2D eigenvalue weighted by Gasteiger charge is -2.27. The van der Waals surface area contributed by atoms with Crippen LogP contribution in [0, 0.1) is 5.82 Å². The van der Waals surface area contributed by atoms with E-state index in [-0.39, 0.29) is 18.5 Å². The highest BCUT2D eigenvalue weighted by molar-refractivity contribution is 5.40. The molecule has 0 saturated heterocycles. The highest BCUT2D eigenvalue weighted by atomic mass is 19.1. The maximum atomic E-state index is 13.4. The molecule has 1 heterocycles. The zero-order valence-electron chi connectivity index (χ0n) is 13.2. The van der Waals surface area contributed by atoms with Gasteiger partial charge in [0.25, 0.3) is 0 Å². The zero-order valence-corrected chi connectivity index (χ0v) is 13.2. The van der Waals surface area contributed by atoms with E-state index in [1.54, 1.807) is 12.1 Å². The van der Waals surface area contributed by atoms with E-state index in [2.05, 4.69) is 5.32 Å². The first-order chi connectivity index (χ1) is 11.7. The molecule has 3 rings (SSSR count). The van der Waals surface area contributed by atoms with Gasteiger partial charge in [-0.15, -0.1) is 0 Å². The SMILES string of the molecule is O[C@H](CNC[C@H]1COc2ccccc2O1)COc1ccccc1F. The lowest BCUT2D eigenvalue weighted by atomic mass is 10.2. The number of para-hydroxylation sites is 3. The molecule has 0 saturated carbocycles. The van der Waals surface area contributed by atoms with Crippen LogP contribution >= 0.6 is 0 Å². The van der Waals surface area contributed by atoms with E-state index in [0.29, 0.717) is 19.7 Å². The summed E-state index contributed by atoms with van der Waals surface area (Å²) < 4.78 is 30.1. The van der Waals surface area contributed by atoms with Crippen LogP contribution in [0.2, 0.25) is 0 Å². The van der Waals surface area contributed by atoms with Crippen molar-refractivity contribution < 1.29 is 23.7 Å². The molecule has 1 aliphatic heterocycles.